The number of hydrogen-bond donors (Lipinski definition) is 1. The molecule has 2 aromatic carbocycles. The summed E-state index contributed by atoms with van der Waals surface area (Å²) < 4.78 is 16.7. The van der Waals surface area contributed by atoms with E-state index in [9.17, 15) is 0 Å². The monoisotopic (exact) mass is 337 g/mol. The van der Waals surface area contributed by atoms with Crippen molar-refractivity contribution in [2.45, 2.75) is 6.92 Å². The molecule has 0 amide bonds. The number of benzene rings is 2. The summed E-state index contributed by atoms with van der Waals surface area (Å²) >= 11 is 0. The minimum absolute atomic E-state index is 0.00326. The molecule has 0 bridgehead atoms. The average molecular weight is 337 g/mol. The topological polar surface area (TPSA) is 60.8 Å². The van der Waals surface area contributed by atoms with E-state index >= 15 is 0 Å². The van der Waals surface area contributed by atoms with Gasteiger partial charge in [-0.2, -0.15) is 0 Å². The van der Waals surface area contributed by atoms with Crippen LogP contribution in [0.25, 0.3) is 22.2 Å². The molecule has 3 aromatic rings. The van der Waals surface area contributed by atoms with Gasteiger partial charge >= 0.3 is 0 Å². The summed E-state index contributed by atoms with van der Waals surface area (Å²) in [5.74, 6) is 2.26. The normalized spacial score (nSPS) is 13.0. The van der Waals surface area contributed by atoms with Crippen LogP contribution in [-0.4, -0.2) is 36.5 Å². The van der Waals surface area contributed by atoms with E-state index < -0.39 is 0 Å². The van der Waals surface area contributed by atoms with Gasteiger partial charge < -0.3 is 19.3 Å². The van der Waals surface area contributed by atoms with Gasteiger partial charge in [-0.1, -0.05) is 0 Å². The van der Waals surface area contributed by atoms with Crippen molar-refractivity contribution in [2.75, 3.05) is 26.4 Å². The predicted octanol–water partition coefficient (Wildman–Crippen LogP) is 3.35. The molecule has 1 N–H and O–H groups in total. The van der Waals surface area contributed by atoms with E-state index in [0.717, 1.165) is 45.0 Å². The number of ether oxygens (including phenoxy) is 3. The highest BCUT2D eigenvalue weighted by Gasteiger charge is 2.15. The summed E-state index contributed by atoms with van der Waals surface area (Å²) in [6, 6.07) is 13.7. The number of pyridine rings is 1. The van der Waals surface area contributed by atoms with Crippen LogP contribution < -0.4 is 14.2 Å². The van der Waals surface area contributed by atoms with Crippen LogP contribution in [0.15, 0.2) is 42.5 Å². The van der Waals surface area contributed by atoms with Gasteiger partial charge in [0.05, 0.1) is 17.8 Å². The number of nitrogens with zero attached hydrogens (tertiary/aromatic N) is 1. The number of fused-ring (bicyclic) bond motifs is 2. The van der Waals surface area contributed by atoms with Crippen LogP contribution in [0, 0.1) is 6.92 Å². The van der Waals surface area contributed by atoms with Gasteiger partial charge in [0.25, 0.3) is 0 Å². The van der Waals surface area contributed by atoms with E-state index in [-0.39, 0.29) is 6.61 Å². The second kappa shape index (κ2) is 6.61. The maximum atomic E-state index is 8.82. The largest absolute Gasteiger partial charge is 0.491 e. The van der Waals surface area contributed by atoms with Crippen LogP contribution in [0.5, 0.6) is 17.2 Å². The van der Waals surface area contributed by atoms with Crippen molar-refractivity contribution in [1.29, 1.82) is 0 Å². The highest BCUT2D eigenvalue weighted by molar-refractivity contribution is 5.88. The number of aromatic nitrogens is 1. The molecule has 0 radical (unpaired) electrons. The summed E-state index contributed by atoms with van der Waals surface area (Å²) in [5.41, 5.74) is 3.93. The zero-order valence-electron chi connectivity index (χ0n) is 14.0. The lowest BCUT2D eigenvalue weighted by Crippen LogP contribution is -2.15. The Kier molecular flexibility index (Phi) is 4.15. The molecule has 0 saturated heterocycles. The first kappa shape index (κ1) is 15.7. The Hall–Kier alpha value is -2.79. The van der Waals surface area contributed by atoms with Crippen LogP contribution >= 0.6 is 0 Å². The van der Waals surface area contributed by atoms with E-state index in [1.165, 1.54) is 0 Å². The lowest BCUT2D eigenvalue weighted by atomic mass is 10.0. The molecular weight excluding hydrogens is 318 g/mol. The van der Waals surface area contributed by atoms with Crippen LogP contribution in [0.4, 0.5) is 0 Å². The van der Waals surface area contributed by atoms with Gasteiger partial charge in [0, 0.05) is 17.0 Å². The number of aliphatic hydroxyl groups excluding tert-OH is 1. The van der Waals surface area contributed by atoms with E-state index in [1.807, 2.05) is 36.4 Å². The summed E-state index contributed by atoms with van der Waals surface area (Å²) in [6.45, 7) is 3.51. The maximum absolute atomic E-state index is 8.82. The first-order chi connectivity index (χ1) is 12.2. The molecule has 4 rings (SSSR count). The minimum Gasteiger partial charge on any atom is -0.491 e. The van der Waals surface area contributed by atoms with Crippen molar-refractivity contribution >= 4 is 10.9 Å². The maximum Gasteiger partial charge on any atom is 0.163 e. The molecule has 128 valence electrons. The Balaban J connectivity index is 1.72. The van der Waals surface area contributed by atoms with E-state index in [0.29, 0.717) is 19.8 Å². The number of hydrogen-bond acceptors (Lipinski definition) is 5. The fraction of sp³-hybridized carbons (Fsp3) is 0.250. The molecule has 2 heterocycles. The molecule has 1 aliphatic rings. The van der Waals surface area contributed by atoms with Crippen molar-refractivity contribution in [3.63, 3.8) is 0 Å². The Morgan fingerprint density at radius 3 is 2.48 bits per heavy atom. The van der Waals surface area contributed by atoms with Gasteiger partial charge in [-0.3, -0.25) is 0 Å². The van der Waals surface area contributed by atoms with Gasteiger partial charge in [-0.05, 0) is 48.9 Å². The van der Waals surface area contributed by atoms with Crippen molar-refractivity contribution in [2.24, 2.45) is 0 Å². The molecule has 0 fully saturated rings. The van der Waals surface area contributed by atoms with Gasteiger partial charge in [-0.15, -0.1) is 0 Å². The molecule has 0 aliphatic carbocycles. The fourth-order valence-electron chi connectivity index (χ4n) is 2.96. The Labute approximate surface area is 145 Å². The van der Waals surface area contributed by atoms with Crippen molar-refractivity contribution in [3.05, 3.63) is 48.0 Å². The number of rotatable bonds is 4. The third kappa shape index (κ3) is 3.10. The van der Waals surface area contributed by atoms with Crippen LogP contribution in [0.3, 0.4) is 0 Å². The Morgan fingerprint density at radius 2 is 1.76 bits per heavy atom. The van der Waals surface area contributed by atoms with Crippen LogP contribution in [-0.2, 0) is 0 Å². The first-order valence-corrected chi connectivity index (χ1v) is 8.30. The van der Waals surface area contributed by atoms with Crippen molar-refractivity contribution < 1.29 is 19.3 Å². The van der Waals surface area contributed by atoms with Gasteiger partial charge in [0.15, 0.2) is 11.5 Å². The summed E-state index contributed by atoms with van der Waals surface area (Å²) in [6.07, 6.45) is 0. The van der Waals surface area contributed by atoms with E-state index in [2.05, 4.69) is 13.0 Å². The molecule has 5 heteroatoms. The number of aryl methyl sites for hydroxylation is 1. The highest BCUT2D eigenvalue weighted by Crippen LogP contribution is 2.36. The lowest BCUT2D eigenvalue weighted by Gasteiger charge is -2.19. The lowest BCUT2D eigenvalue weighted by molar-refractivity contribution is 0.172. The Bertz CT molecular complexity index is 906. The fourth-order valence-corrected chi connectivity index (χ4v) is 2.96. The van der Waals surface area contributed by atoms with Crippen molar-refractivity contribution in [3.8, 4) is 28.5 Å². The smallest absolute Gasteiger partial charge is 0.163 e. The van der Waals surface area contributed by atoms with Gasteiger partial charge in [0.2, 0.25) is 0 Å². The SMILES string of the molecule is Cc1cc(-c2ccc(OCCO)cc2)nc2cc3c(cc12)OCCO3. The summed E-state index contributed by atoms with van der Waals surface area (Å²) in [4.78, 5) is 4.79. The van der Waals surface area contributed by atoms with E-state index in [1.54, 1.807) is 0 Å². The third-order valence-electron chi connectivity index (χ3n) is 4.19. The van der Waals surface area contributed by atoms with Gasteiger partial charge in [-0.25, -0.2) is 4.98 Å². The van der Waals surface area contributed by atoms with Crippen LogP contribution in [0.1, 0.15) is 5.56 Å². The Morgan fingerprint density at radius 1 is 1.04 bits per heavy atom. The van der Waals surface area contributed by atoms with Crippen LogP contribution in [0.2, 0.25) is 0 Å². The van der Waals surface area contributed by atoms with Crippen molar-refractivity contribution in [1.82, 2.24) is 4.98 Å². The first-order valence-electron chi connectivity index (χ1n) is 8.30. The zero-order chi connectivity index (χ0) is 17.2. The second-order valence-corrected chi connectivity index (χ2v) is 5.93. The predicted molar refractivity (Wildman–Crippen MR) is 95.5 cm³/mol. The molecule has 1 aromatic heterocycles. The minimum atomic E-state index is 0.00326. The molecule has 1 aliphatic heterocycles. The quantitative estimate of drug-likeness (QED) is 0.791. The average Bonchev–Trinajstić information content (AvgIpc) is 2.65. The standard InChI is InChI=1S/C20H19NO4/c1-13-10-17(14-2-4-15(5-3-14)23-7-6-22)21-18-12-20-19(11-16(13)18)24-8-9-25-20/h2-5,10-12,22H,6-9H2,1H3. The summed E-state index contributed by atoms with van der Waals surface area (Å²) in [7, 11) is 0. The zero-order valence-corrected chi connectivity index (χ0v) is 14.0. The molecule has 25 heavy (non-hydrogen) atoms. The third-order valence-corrected chi connectivity index (χ3v) is 4.19. The molecule has 0 unspecified atom stereocenters. The van der Waals surface area contributed by atoms with E-state index in [4.69, 9.17) is 24.3 Å². The molecule has 5 nitrogen and oxygen atoms in total. The summed E-state index contributed by atoms with van der Waals surface area (Å²) in [5, 5.41) is 9.89. The number of aliphatic hydroxyl groups is 1. The molecule has 0 spiro atoms. The highest BCUT2D eigenvalue weighted by atomic mass is 16.6. The van der Waals surface area contributed by atoms with Gasteiger partial charge in [0.1, 0.15) is 25.6 Å². The second-order valence-electron chi connectivity index (χ2n) is 5.93. The molecular formula is C20H19NO4. The molecule has 0 atom stereocenters. The molecule has 0 saturated carbocycles.